The second-order valence-electron chi connectivity index (χ2n) is 2.53. The van der Waals surface area contributed by atoms with Crippen molar-refractivity contribution >= 4 is 5.91 Å². The van der Waals surface area contributed by atoms with Crippen LogP contribution >= 0.6 is 0 Å². The van der Waals surface area contributed by atoms with Crippen LogP contribution in [0.3, 0.4) is 0 Å². The molecule has 4 heteroatoms. The largest absolute Gasteiger partial charge is 0.351 e. The molecule has 1 aromatic heterocycles. The number of aromatic nitrogens is 1. The molecule has 0 aliphatic rings. The first-order valence-electron chi connectivity index (χ1n) is 4.09. The lowest BCUT2D eigenvalue weighted by Crippen LogP contribution is -2.30. The molecule has 0 fully saturated rings. The third-order valence-electron chi connectivity index (χ3n) is 1.55. The highest BCUT2D eigenvalue weighted by atomic mass is 16.1. The standard InChI is InChI=1S/C9H12N3O/c1-10-6-7-12-9(13)8-2-4-11-5-3-8/h2-4,10H,6-7H2,1H3,(H,12,13). The number of carbonyl (C=O) groups is 1. The number of rotatable bonds is 4. The molecule has 0 atom stereocenters. The molecular weight excluding hydrogens is 166 g/mol. The summed E-state index contributed by atoms with van der Waals surface area (Å²) in [5, 5.41) is 5.69. The Bertz CT molecular complexity index is 261. The topological polar surface area (TPSA) is 54.0 Å². The highest BCUT2D eigenvalue weighted by molar-refractivity contribution is 5.93. The fourth-order valence-corrected chi connectivity index (χ4v) is 0.860. The molecule has 0 unspecified atom stereocenters. The first-order chi connectivity index (χ1) is 6.34. The number of carbonyl (C=O) groups excluding carboxylic acids is 1. The van der Waals surface area contributed by atoms with E-state index in [-0.39, 0.29) is 5.91 Å². The predicted molar refractivity (Wildman–Crippen MR) is 49.3 cm³/mol. The van der Waals surface area contributed by atoms with Gasteiger partial charge in [0, 0.05) is 24.8 Å². The fraction of sp³-hybridized carbons (Fsp3) is 0.333. The van der Waals surface area contributed by atoms with Crippen LogP contribution in [-0.4, -0.2) is 31.0 Å². The zero-order chi connectivity index (χ0) is 9.52. The molecule has 0 saturated heterocycles. The van der Waals surface area contributed by atoms with E-state index in [0.717, 1.165) is 6.54 Å². The summed E-state index contributed by atoms with van der Waals surface area (Å²) in [6, 6.07) is 3.22. The number of hydrogen-bond donors (Lipinski definition) is 2. The number of nitrogens with one attached hydrogen (secondary N) is 2. The van der Waals surface area contributed by atoms with Gasteiger partial charge in [-0.15, -0.1) is 0 Å². The van der Waals surface area contributed by atoms with Crippen LogP contribution < -0.4 is 10.6 Å². The molecular formula is C9H12N3O. The SMILES string of the molecule is CNCCNC(=O)c1c[c]ncc1. The number of amides is 1. The van der Waals surface area contributed by atoms with Gasteiger partial charge in [0.05, 0.1) is 6.20 Å². The maximum Gasteiger partial charge on any atom is 0.251 e. The lowest BCUT2D eigenvalue weighted by atomic mass is 10.2. The first-order valence-corrected chi connectivity index (χ1v) is 4.09. The second-order valence-corrected chi connectivity index (χ2v) is 2.53. The van der Waals surface area contributed by atoms with Crippen LogP contribution in [-0.2, 0) is 0 Å². The Morgan fingerprint density at radius 2 is 2.46 bits per heavy atom. The van der Waals surface area contributed by atoms with Crippen LogP contribution in [0.2, 0.25) is 0 Å². The van der Waals surface area contributed by atoms with Gasteiger partial charge in [0.1, 0.15) is 0 Å². The molecule has 0 saturated carbocycles. The van der Waals surface area contributed by atoms with Gasteiger partial charge in [-0.25, -0.2) is 0 Å². The molecule has 69 valence electrons. The molecule has 13 heavy (non-hydrogen) atoms. The quantitative estimate of drug-likeness (QED) is 0.629. The van der Waals surface area contributed by atoms with Gasteiger partial charge in [-0.3, -0.25) is 9.78 Å². The summed E-state index contributed by atoms with van der Waals surface area (Å²) in [6.45, 7) is 1.39. The molecule has 0 aromatic carbocycles. The third-order valence-corrected chi connectivity index (χ3v) is 1.55. The molecule has 0 spiro atoms. The van der Waals surface area contributed by atoms with Crippen molar-refractivity contribution in [1.82, 2.24) is 15.6 Å². The fourth-order valence-electron chi connectivity index (χ4n) is 0.860. The highest BCUT2D eigenvalue weighted by Crippen LogP contribution is 1.93. The summed E-state index contributed by atoms with van der Waals surface area (Å²) in [5.41, 5.74) is 0.589. The third kappa shape index (κ3) is 3.21. The van der Waals surface area contributed by atoms with E-state index in [4.69, 9.17) is 0 Å². The summed E-state index contributed by atoms with van der Waals surface area (Å²) in [4.78, 5) is 15.0. The monoisotopic (exact) mass is 178 g/mol. The van der Waals surface area contributed by atoms with Gasteiger partial charge in [0.15, 0.2) is 0 Å². The first kappa shape index (κ1) is 9.67. The average molecular weight is 178 g/mol. The zero-order valence-corrected chi connectivity index (χ0v) is 7.50. The Kier molecular flexibility index (Phi) is 3.92. The molecule has 2 N–H and O–H groups in total. The summed E-state index contributed by atoms with van der Waals surface area (Å²) < 4.78 is 0. The number of nitrogens with zero attached hydrogens (tertiary/aromatic N) is 1. The summed E-state index contributed by atoms with van der Waals surface area (Å²) in [7, 11) is 1.84. The van der Waals surface area contributed by atoms with E-state index in [1.54, 1.807) is 18.3 Å². The van der Waals surface area contributed by atoms with E-state index < -0.39 is 0 Å². The average Bonchev–Trinajstić information content (AvgIpc) is 2.19. The zero-order valence-electron chi connectivity index (χ0n) is 7.50. The van der Waals surface area contributed by atoms with Gasteiger partial charge in [-0.2, -0.15) is 0 Å². The van der Waals surface area contributed by atoms with Crippen molar-refractivity contribution in [2.24, 2.45) is 0 Å². The van der Waals surface area contributed by atoms with E-state index in [1.165, 1.54) is 0 Å². The molecule has 1 aromatic rings. The number of pyridine rings is 1. The van der Waals surface area contributed by atoms with E-state index in [0.29, 0.717) is 12.1 Å². The number of hydrogen-bond acceptors (Lipinski definition) is 3. The van der Waals surface area contributed by atoms with Crippen molar-refractivity contribution in [3.8, 4) is 0 Å². The van der Waals surface area contributed by atoms with E-state index >= 15 is 0 Å². The van der Waals surface area contributed by atoms with Crippen LogP contribution in [0.15, 0.2) is 18.3 Å². The predicted octanol–water partition coefficient (Wildman–Crippen LogP) is -0.169. The highest BCUT2D eigenvalue weighted by Gasteiger charge is 2.02. The van der Waals surface area contributed by atoms with Crippen LogP contribution in [0.5, 0.6) is 0 Å². The van der Waals surface area contributed by atoms with Crippen molar-refractivity contribution < 1.29 is 4.79 Å². The van der Waals surface area contributed by atoms with Gasteiger partial charge in [0.2, 0.25) is 0 Å². The van der Waals surface area contributed by atoms with Gasteiger partial charge in [-0.1, -0.05) is 0 Å². The van der Waals surface area contributed by atoms with Crippen molar-refractivity contribution in [1.29, 1.82) is 0 Å². The summed E-state index contributed by atoms with van der Waals surface area (Å²) >= 11 is 0. The van der Waals surface area contributed by atoms with E-state index in [1.807, 2.05) is 7.05 Å². The maximum atomic E-state index is 11.3. The molecule has 1 heterocycles. The Morgan fingerprint density at radius 1 is 1.62 bits per heavy atom. The summed E-state index contributed by atoms with van der Waals surface area (Å²) in [5.74, 6) is -0.0890. The molecule has 1 rings (SSSR count). The normalized spacial score (nSPS) is 9.62. The minimum absolute atomic E-state index is 0.0890. The molecule has 0 bridgehead atoms. The van der Waals surface area contributed by atoms with E-state index in [9.17, 15) is 4.79 Å². The van der Waals surface area contributed by atoms with Crippen molar-refractivity contribution in [3.05, 3.63) is 30.1 Å². The van der Waals surface area contributed by atoms with Gasteiger partial charge in [0.25, 0.3) is 5.91 Å². The smallest absolute Gasteiger partial charge is 0.251 e. The minimum Gasteiger partial charge on any atom is -0.351 e. The lowest BCUT2D eigenvalue weighted by molar-refractivity contribution is 0.0954. The van der Waals surface area contributed by atoms with E-state index in [2.05, 4.69) is 21.8 Å². The second kappa shape index (κ2) is 5.27. The van der Waals surface area contributed by atoms with Crippen LogP contribution in [0, 0.1) is 6.20 Å². The molecule has 1 amide bonds. The molecule has 1 radical (unpaired) electrons. The van der Waals surface area contributed by atoms with Crippen molar-refractivity contribution in [2.75, 3.05) is 20.1 Å². The van der Waals surface area contributed by atoms with Gasteiger partial charge in [-0.05, 0) is 19.2 Å². The Balaban J connectivity index is 2.40. The van der Waals surface area contributed by atoms with Crippen molar-refractivity contribution in [3.63, 3.8) is 0 Å². The molecule has 0 aliphatic heterocycles. The molecule has 4 nitrogen and oxygen atoms in total. The maximum absolute atomic E-state index is 11.3. The Hall–Kier alpha value is -1.42. The Labute approximate surface area is 77.4 Å². The molecule has 0 aliphatic carbocycles. The van der Waals surface area contributed by atoms with Crippen molar-refractivity contribution in [2.45, 2.75) is 0 Å². The van der Waals surface area contributed by atoms with Crippen LogP contribution in [0.1, 0.15) is 10.4 Å². The van der Waals surface area contributed by atoms with Crippen LogP contribution in [0.25, 0.3) is 0 Å². The Morgan fingerprint density at radius 3 is 3.08 bits per heavy atom. The minimum atomic E-state index is -0.0890. The van der Waals surface area contributed by atoms with Gasteiger partial charge < -0.3 is 10.6 Å². The number of likely N-dealkylation sites (N-methyl/N-ethyl adjacent to an activating group) is 1. The van der Waals surface area contributed by atoms with Gasteiger partial charge >= 0.3 is 0 Å². The lowest BCUT2D eigenvalue weighted by Gasteiger charge is -2.03. The summed E-state index contributed by atoms with van der Waals surface area (Å²) in [6.07, 6.45) is 4.15. The van der Waals surface area contributed by atoms with Crippen LogP contribution in [0.4, 0.5) is 0 Å².